The van der Waals surface area contributed by atoms with Gasteiger partial charge in [0, 0.05) is 25.7 Å². The Morgan fingerprint density at radius 1 is 1.10 bits per heavy atom. The van der Waals surface area contributed by atoms with Crippen molar-refractivity contribution < 1.29 is 27.5 Å². The zero-order valence-corrected chi connectivity index (χ0v) is 17.6. The van der Waals surface area contributed by atoms with Gasteiger partial charge in [0.1, 0.15) is 6.54 Å². The van der Waals surface area contributed by atoms with Crippen molar-refractivity contribution in [2.24, 2.45) is 11.8 Å². The lowest BCUT2D eigenvalue weighted by Crippen LogP contribution is -2.44. The van der Waals surface area contributed by atoms with Gasteiger partial charge in [-0.05, 0) is 42.5 Å². The number of carbonyl (C=O) groups excluding carboxylic acids is 3. The van der Waals surface area contributed by atoms with Gasteiger partial charge in [-0.25, -0.2) is 8.42 Å². The van der Waals surface area contributed by atoms with Crippen LogP contribution in [0, 0.1) is 11.8 Å². The number of carbonyl (C=O) groups is 3. The SMILES string of the molecule is CC(=O)Nc1ccc(S(=O)(=O)NCC(=O)OCC(=O)N2CC(C)CC(C)C2)cc1. The summed E-state index contributed by atoms with van der Waals surface area (Å²) in [6.07, 6.45) is 1.05. The fourth-order valence-electron chi connectivity index (χ4n) is 3.31. The van der Waals surface area contributed by atoms with Crippen LogP contribution in [0.25, 0.3) is 0 Å². The first kappa shape index (κ1) is 22.8. The Bertz CT molecular complexity index is 843. The smallest absolute Gasteiger partial charge is 0.321 e. The van der Waals surface area contributed by atoms with Crippen LogP contribution in [0.3, 0.4) is 0 Å². The lowest BCUT2D eigenvalue weighted by atomic mass is 9.92. The predicted octanol–water partition coefficient (Wildman–Crippen LogP) is 0.971. The molecule has 1 fully saturated rings. The molecule has 160 valence electrons. The van der Waals surface area contributed by atoms with Crippen molar-refractivity contribution in [3.05, 3.63) is 24.3 Å². The maximum absolute atomic E-state index is 12.2. The number of hydrogen-bond acceptors (Lipinski definition) is 6. The van der Waals surface area contributed by atoms with E-state index in [9.17, 15) is 22.8 Å². The molecule has 0 spiro atoms. The molecule has 1 aromatic carbocycles. The number of nitrogens with zero attached hydrogens (tertiary/aromatic N) is 1. The van der Waals surface area contributed by atoms with E-state index in [-0.39, 0.29) is 16.7 Å². The number of amides is 2. The van der Waals surface area contributed by atoms with Crippen LogP contribution in [-0.4, -0.2) is 57.3 Å². The number of sulfonamides is 1. The Balaban J connectivity index is 1.81. The Kier molecular flexibility index (Phi) is 7.74. The molecule has 2 amide bonds. The number of rotatable bonds is 7. The summed E-state index contributed by atoms with van der Waals surface area (Å²) in [5.41, 5.74) is 0.454. The van der Waals surface area contributed by atoms with E-state index in [4.69, 9.17) is 4.74 Å². The number of ether oxygens (including phenoxy) is 1. The highest BCUT2D eigenvalue weighted by Gasteiger charge is 2.26. The van der Waals surface area contributed by atoms with E-state index in [2.05, 4.69) is 23.9 Å². The number of hydrogen-bond donors (Lipinski definition) is 2. The first-order valence-electron chi connectivity index (χ1n) is 9.37. The molecule has 0 aliphatic carbocycles. The van der Waals surface area contributed by atoms with Gasteiger partial charge < -0.3 is 15.0 Å². The van der Waals surface area contributed by atoms with Gasteiger partial charge in [0.25, 0.3) is 5.91 Å². The summed E-state index contributed by atoms with van der Waals surface area (Å²) < 4.78 is 31.5. The van der Waals surface area contributed by atoms with E-state index in [1.165, 1.54) is 31.2 Å². The third-order valence-corrected chi connectivity index (χ3v) is 5.89. The number of piperidine rings is 1. The first-order chi connectivity index (χ1) is 13.6. The van der Waals surface area contributed by atoms with Gasteiger partial charge in [0.05, 0.1) is 4.90 Å². The number of anilines is 1. The highest BCUT2D eigenvalue weighted by Crippen LogP contribution is 2.20. The van der Waals surface area contributed by atoms with E-state index in [0.717, 1.165) is 6.42 Å². The quantitative estimate of drug-likeness (QED) is 0.628. The summed E-state index contributed by atoms with van der Waals surface area (Å²) in [4.78, 5) is 36.7. The largest absolute Gasteiger partial charge is 0.455 e. The monoisotopic (exact) mass is 425 g/mol. The molecule has 0 aromatic heterocycles. The van der Waals surface area contributed by atoms with E-state index in [0.29, 0.717) is 30.6 Å². The lowest BCUT2D eigenvalue weighted by Gasteiger charge is -2.34. The highest BCUT2D eigenvalue weighted by molar-refractivity contribution is 7.89. The molecule has 0 bridgehead atoms. The predicted molar refractivity (Wildman–Crippen MR) is 106 cm³/mol. The zero-order valence-electron chi connectivity index (χ0n) is 16.8. The van der Waals surface area contributed by atoms with Gasteiger partial charge in [-0.2, -0.15) is 4.72 Å². The van der Waals surface area contributed by atoms with Crippen molar-refractivity contribution in [3.8, 4) is 0 Å². The second kappa shape index (κ2) is 9.84. The molecule has 1 aliphatic heterocycles. The molecule has 2 atom stereocenters. The van der Waals surface area contributed by atoms with Crippen LogP contribution in [0.4, 0.5) is 5.69 Å². The molecule has 29 heavy (non-hydrogen) atoms. The molecule has 1 aromatic rings. The minimum absolute atomic E-state index is 0.0632. The van der Waals surface area contributed by atoms with E-state index >= 15 is 0 Å². The van der Waals surface area contributed by atoms with Crippen LogP contribution in [0.5, 0.6) is 0 Å². The fourth-order valence-corrected chi connectivity index (χ4v) is 4.28. The summed E-state index contributed by atoms with van der Waals surface area (Å²) in [5, 5.41) is 2.53. The third-order valence-electron chi connectivity index (χ3n) is 4.47. The molecule has 10 heteroatoms. The van der Waals surface area contributed by atoms with Gasteiger partial charge >= 0.3 is 5.97 Å². The standard InChI is InChI=1S/C19H27N3O6S/c1-13-8-14(2)11-22(10-13)18(24)12-28-19(25)9-20-29(26,27)17-6-4-16(5-7-17)21-15(3)23/h4-7,13-14,20H,8-12H2,1-3H3,(H,21,23). The summed E-state index contributed by atoms with van der Waals surface area (Å²) in [6, 6.07) is 5.49. The maximum atomic E-state index is 12.2. The van der Waals surface area contributed by atoms with E-state index < -0.39 is 29.1 Å². The Morgan fingerprint density at radius 3 is 2.24 bits per heavy atom. The molecule has 1 heterocycles. The second-order valence-electron chi connectivity index (χ2n) is 7.44. The van der Waals surface area contributed by atoms with E-state index in [1.807, 2.05) is 0 Å². The van der Waals surface area contributed by atoms with Gasteiger partial charge in [-0.3, -0.25) is 14.4 Å². The lowest BCUT2D eigenvalue weighted by molar-refractivity contribution is -0.152. The average molecular weight is 426 g/mol. The first-order valence-corrected chi connectivity index (χ1v) is 10.9. The maximum Gasteiger partial charge on any atom is 0.321 e. The molecule has 2 rings (SSSR count). The number of likely N-dealkylation sites (tertiary alicyclic amines) is 1. The van der Waals surface area contributed by atoms with Crippen molar-refractivity contribution in [2.75, 3.05) is 31.6 Å². The van der Waals surface area contributed by atoms with Gasteiger partial charge in [0.15, 0.2) is 6.61 Å². The molecule has 9 nitrogen and oxygen atoms in total. The van der Waals surface area contributed by atoms with Gasteiger partial charge in [-0.1, -0.05) is 13.8 Å². The molecular weight excluding hydrogens is 398 g/mol. The van der Waals surface area contributed by atoms with Crippen molar-refractivity contribution in [2.45, 2.75) is 32.1 Å². The van der Waals surface area contributed by atoms with Gasteiger partial charge in [0.2, 0.25) is 15.9 Å². The van der Waals surface area contributed by atoms with Crippen LogP contribution < -0.4 is 10.0 Å². The normalized spacial score (nSPS) is 19.5. The van der Waals surface area contributed by atoms with Crippen LogP contribution in [0.1, 0.15) is 27.2 Å². The van der Waals surface area contributed by atoms with Gasteiger partial charge in [-0.15, -0.1) is 0 Å². The molecule has 0 saturated carbocycles. The van der Waals surface area contributed by atoms with Crippen LogP contribution >= 0.6 is 0 Å². The summed E-state index contributed by atoms with van der Waals surface area (Å²) in [6.45, 7) is 5.73. The minimum Gasteiger partial charge on any atom is -0.455 e. The summed E-state index contributed by atoms with van der Waals surface area (Å²) >= 11 is 0. The Labute approximate surface area is 170 Å². The molecule has 1 saturated heterocycles. The molecule has 1 aliphatic rings. The molecule has 2 unspecified atom stereocenters. The summed E-state index contributed by atoms with van der Waals surface area (Å²) in [5.74, 6) is -0.614. The van der Waals surface area contributed by atoms with Crippen molar-refractivity contribution in [1.82, 2.24) is 9.62 Å². The third kappa shape index (κ3) is 7.13. The highest BCUT2D eigenvalue weighted by atomic mass is 32.2. The number of nitrogens with one attached hydrogen (secondary N) is 2. The number of benzene rings is 1. The Morgan fingerprint density at radius 2 is 1.69 bits per heavy atom. The molecule has 2 N–H and O–H groups in total. The zero-order chi connectivity index (χ0) is 21.6. The van der Waals surface area contributed by atoms with Crippen molar-refractivity contribution in [1.29, 1.82) is 0 Å². The molecule has 0 radical (unpaired) electrons. The van der Waals surface area contributed by atoms with Crippen molar-refractivity contribution >= 4 is 33.5 Å². The van der Waals surface area contributed by atoms with E-state index in [1.54, 1.807) is 4.90 Å². The summed E-state index contributed by atoms with van der Waals surface area (Å²) in [7, 11) is -3.93. The van der Waals surface area contributed by atoms with Crippen LogP contribution in [0.2, 0.25) is 0 Å². The number of esters is 1. The Hall–Kier alpha value is -2.46. The van der Waals surface area contributed by atoms with Crippen LogP contribution in [-0.2, 0) is 29.1 Å². The second-order valence-corrected chi connectivity index (χ2v) is 9.20. The van der Waals surface area contributed by atoms with Crippen LogP contribution in [0.15, 0.2) is 29.2 Å². The minimum atomic E-state index is -3.93. The topological polar surface area (TPSA) is 122 Å². The average Bonchev–Trinajstić information content (AvgIpc) is 2.63. The fraction of sp³-hybridized carbons (Fsp3) is 0.526. The molecular formula is C19H27N3O6S. The van der Waals surface area contributed by atoms with Crippen molar-refractivity contribution in [3.63, 3.8) is 0 Å².